The highest BCUT2D eigenvalue weighted by atomic mass is 32.2. The second-order valence-corrected chi connectivity index (χ2v) is 7.81. The molecule has 0 saturated carbocycles. The summed E-state index contributed by atoms with van der Waals surface area (Å²) in [6.45, 7) is 9.88. The minimum atomic E-state index is -1.11. The van der Waals surface area contributed by atoms with Crippen LogP contribution in [-0.4, -0.2) is 9.30 Å². The topological polar surface area (TPSA) is 48.2 Å². The molecule has 0 amide bonds. The van der Waals surface area contributed by atoms with Crippen molar-refractivity contribution < 1.29 is 8.97 Å². The Morgan fingerprint density at radius 3 is 2.47 bits per heavy atom. The molecule has 0 aliphatic carbocycles. The molecule has 2 aromatic rings. The SMILES string of the molecule is Cc1c([C@@H](C)N[S@+]([O-])C(C)(C)C)oc2ccccc12. The maximum absolute atomic E-state index is 12.1. The smallest absolute Gasteiger partial charge is 0.136 e. The van der Waals surface area contributed by atoms with Gasteiger partial charge in [-0.15, -0.1) is 4.72 Å². The molecule has 3 nitrogen and oxygen atoms in total. The number of hydrogen-bond donors (Lipinski definition) is 1. The molecule has 1 aromatic carbocycles. The van der Waals surface area contributed by atoms with Gasteiger partial charge in [0, 0.05) is 22.3 Å². The van der Waals surface area contributed by atoms with E-state index >= 15 is 0 Å². The number of para-hydroxylation sites is 1. The Kier molecular flexibility index (Phi) is 3.95. The third kappa shape index (κ3) is 2.96. The average molecular weight is 279 g/mol. The number of nitrogens with one attached hydrogen (secondary N) is 1. The molecule has 0 fully saturated rings. The van der Waals surface area contributed by atoms with Crippen molar-refractivity contribution in [2.45, 2.75) is 45.4 Å². The van der Waals surface area contributed by atoms with Crippen LogP contribution in [0, 0.1) is 6.92 Å². The molecular formula is C15H21NO2S. The van der Waals surface area contributed by atoms with E-state index in [-0.39, 0.29) is 10.8 Å². The molecule has 104 valence electrons. The van der Waals surface area contributed by atoms with Gasteiger partial charge in [0.2, 0.25) is 0 Å². The van der Waals surface area contributed by atoms with Crippen LogP contribution >= 0.6 is 0 Å². The standard InChI is InChI=1S/C15H21NO2S/c1-10-12-8-6-7-9-13(12)18-14(10)11(2)16-19(17)15(3,4)5/h6-9,11,16H,1-5H3/t11-,19-/m1/s1. The zero-order valence-electron chi connectivity index (χ0n) is 12.1. The van der Waals surface area contributed by atoms with Crippen LogP contribution in [0.25, 0.3) is 11.0 Å². The Bertz CT molecular complexity index is 571. The van der Waals surface area contributed by atoms with Crippen LogP contribution in [0.2, 0.25) is 0 Å². The van der Waals surface area contributed by atoms with Crippen molar-refractivity contribution in [2.75, 3.05) is 0 Å². The third-order valence-electron chi connectivity index (χ3n) is 3.11. The highest BCUT2D eigenvalue weighted by Gasteiger charge is 2.30. The minimum Gasteiger partial charge on any atom is -0.598 e. The molecule has 0 bridgehead atoms. The third-order valence-corrected chi connectivity index (χ3v) is 4.79. The number of aryl methyl sites for hydroxylation is 1. The lowest BCUT2D eigenvalue weighted by molar-refractivity contribution is 0.472. The van der Waals surface area contributed by atoms with Gasteiger partial charge in [0.1, 0.15) is 22.1 Å². The van der Waals surface area contributed by atoms with E-state index in [9.17, 15) is 4.55 Å². The van der Waals surface area contributed by atoms with Gasteiger partial charge in [-0.2, -0.15) is 0 Å². The molecule has 0 saturated heterocycles. The largest absolute Gasteiger partial charge is 0.598 e. The first-order chi connectivity index (χ1) is 8.80. The molecular weight excluding hydrogens is 258 g/mol. The Morgan fingerprint density at radius 1 is 1.26 bits per heavy atom. The molecule has 2 rings (SSSR count). The predicted molar refractivity (Wildman–Crippen MR) is 80.4 cm³/mol. The fourth-order valence-corrected chi connectivity index (χ4v) is 2.78. The first-order valence-electron chi connectivity index (χ1n) is 6.47. The number of benzene rings is 1. The van der Waals surface area contributed by atoms with Crippen LogP contribution < -0.4 is 4.72 Å². The van der Waals surface area contributed by atoms with Gasteiger partial charge in [0.05, 0.1) is 0 Å². The average Bonchev–Trinajstić information content (AvgIpc) is 2.66. The van der Waals surface area contributed by atoms with E-state index < -0.39 is 11.4 Å². The zero-order chi connectivity index (χ0) is 14.2. The number of hydrogen-bond acceptors (Lipinski definition) is 3. The van der Waals surface area contributed by atoms with Crippen LogP contribution in [0.4, 0.5) is 0 Å². The van der Waals surface area contributed by atoms with Gasteiger partial charge in [-0.1, -0.05) is 18.2 Å². The summed E-state index contributed by atoms with van der Waals surface area (Å²) < 4.78 is 20.8. The van der Waals surface area contributed by atoms with Crippen molar-refractivity contribution in [2.24, 2.45) is 0 Å². The summed E-state index contributed by atoms with van der Waals surface area (Å²) in [5.41, 5.74) is 1.99. The van der Waals surface area contributed by atoms with Crippen molar-refractivity contribution in [3.63, 3.8) is 0 Å². The first kappa shape index (κ1) is 14.4. The van der Waals surface area contributed by atoms with Crippen molar-refractivity contribution in [3.05, 3.63) is 35.6 Å². The van der Waals surface area contributed by atoms with E-state index in [0.717, 1.165) is 22.3 Å². The fraction of sp³-hybridized carbons (Fsp3) is 0.467. The van der Waals surface area contributed by atoms with Gasteiger partial charge in [-0.3, -0.25) is 0 Å². The second kappa shape index (κ2) is 5.19. The first-order valence-corrected chi connectivity index (χ1v) is 7.62. The number of fused-ring (bicyclic) bond motifs is 1. The van der Waals surface area contributed by atoms with E-state index in [1.165, 1.54) is 0 Å². The Hall–Kier alpha value is -0.970. The summed E-state index contributed by atoms with van der Waals surface area (Å²) in [7, 11) is 0. The van der Waals surface area contributed by atoms with E-state index in [0.29, 0.717) is 0 Å². The van der Waals surface area contributed by atoms with E-state index in [1.807, 2.05) is 58.9 Å². The summed E-state index contributed by atoms with van der Waals surface area (Å²) in [6, 6.07) is 7.89. The lowest BCUT2D eigenvalue weighted by Gasteiger charge is -2.25. The van der Waals surface area contributed by atoms with Crippen molar-refractivity contribution in [1.29, 1.82) is 0 Å². The predicted octanol–water partition coefficient (Wildman–Crippen LogP) is 3.85. The lowest BCUT2D eigenvalue weighted by atomic mass is 10.1. The van der Waals surface area contributed by atoms with Crippen LogP contribution in [0.3, 0.4) is 0 Å². The molecule has 0 aliphatic heterocycles. The molecule has 0 aliphatic rings. The minimum absolute atomic E-state index is 0.0764. The molecule has 1 aromatic heterocycles. The molecule has 1 N–H and O–H groups in total. The van der Waals surface area contributed by atoms with Gasteiger partial charge >= 0.3 is 0 Å². The van der Waals surface area contributed by atoms with Gasteiger partial charge in [0.15, 0.2) is 0 Å². The molecule has 0 spiro atoms. The van der Waals surface area contributed by atoms with Crippen LogP contribution in [0.15, 0.2) is 28.7 Å². The summed E-state index contributed by atoms with van der Waals surface area (Å²) in [6.07, 6.45) is 0. The number of rotatable bonds is 3. The van der Waals surface area contributed by atoms with Crippen molar-refractivity contribution in [3.8, 4) is 0 Å². The quantitative estimate of drug-likeness (QED) is 0.868. The summed E-state index contributed by atoms with van der Waals surface area (Å²) in [5, 5.41) is 1.12. The lowest BCUT2D eigenvalue weighted by Crippen LogP contribution is -2.40. The molecule has 19 heavy (non-hydrogen) atoms. The van der Waals surface area contributed by atoms with Gasteiger partial charge in [-0.05, 0) is 40.7 Å². The summed E-state index contributed by atoms with van der Waals surface area (Å²) >= 11 is -1.11. The van der Waals surface area contributed by atoms with E-state index in [4.69, 9.17) is 4.42 Å². The monoisotopic (exact) mass is 279 g/mol. The Labute approximate surface area is 117 Å². The van der Waals surface area contributed by atoms with Gasteiger partial charge in [0.25, 0.3) is 0 Å². The maximum Gasteiger partial charge on any atom is 0.136 e. The van der Waals surface area contributed by atoms with E-state index in [1.54, 1.807) is 0 Å². The summed E-state index contributed by atoms with van der Waals surface area (Å²) in [5.74, 6) is 0.860. The van der Waals surface area contributed by atoms with Crippen LogP contribution in [0.1, 0.15) is 45.1 Å². The molecule has 2 atom stereocenters. The van der Waals surface area contributed by atoms with Gasteiger partial charge in [-0.25, -0.2) is 0 Å². The maximum atomic E-state index is 12.1. The second-order valence-electron chi connectivity index (χ2n) is 5.81. The van der Waals surface area contributed by atoms with Crippen LogP contribution in [-0.2, 0) is 11.4 Å². The normalized spacial score (nSPS) is 15.7. The van der Waals surface area contributed by atoms with E-state index in [2.05, 4.69) is 4.72 Å². The highest BCUT2D eigenvalue weighted by molar-refractivity contribution is 7.90. The Balaban J connectivity index is 2.27. The molecule has 1 heterocycles. The fourth-order valence-electron chi connectivity index (χ4n) is 2.00. The van der Waals surface area contributed by atoms with Crippen molar-refractivity contribution >= 4 is 22.3 Å². The Morgan fingerprint density at radius 2 is 1.89 bits per heavy atom. The van der Waals surface area contributed by atoms with Gasteiger partial charge < -0.3 is 8.97 Å². The highest BCUT2D eigenvalue weighted by Crippen LogP contribution is 2.30. The summed E-state index contributed by atoms with van der Waals surface area (Å²) in [4.78, 5) is 0. The van der Waals surface area contributed by atoms with Crippen molar-refractivity contribution in [1.82, 2.24) is 4.72 Å². The van der Waals surface area contributed by atoms with Crippen LogP contribution in [0.5, 0.6) is 0 Å². The molecule has 0 radical (unpaired) electrons. The molecule has 4 heteroatoms. The molecule has 0 unspecified atom stereocenters. The zero-order valence-corrected chi connectivity index (χ0v) is 12.9. The number of furan rings is 1.